The fraction of sp³-hybridized carbons (Fsp3) is 0.261. The van der Waals surface area contributed by atoms with Crippen molar-refractivity contribution in [2.24, 2.45) is 0 Å². The Labute approximate surface area is 180 Å². The highest BCUT2D eigenvalue weighted by molar-refractivity contribution is 5.98. The highest BCUT2D eigenvalue weighted by atomic mass is 16.5. The number of hydrogen-bond acceptors (Lipinski definition) is 6. The molecule has 0 aliphatic rings. The first kappa shape index (κ1) is 21.9. The predicted octanol–water partition coefficient (Wildman–Crippen LogP) is 3.19. The van der Waals surface area contributed by atoms with Gasteiger partial charge < -0.3 is 19.1 Å². The summed E-state index contributed by atoms with van der Waals surface area (Å²) in [5.74, 6) is 0.125. The first-order valence-corrected chi connectivity index (χ1v) is 9.65. The number of benzene rings is 2. The van der Waals surface area contributed by atoms with Crippen LogP contribution in [0.1, 0.15) is 17.3 Å². The molecular weight excluding hydrogens is 398 g/mol. The van der Waals surface area contributed by atoms with Crippen LogP contribution < -0.4 is 9.47 Å². The predicted molar refractivity (Wildman–Crippen MR) is 116 cm³/mol. The van der Waals surface area contributed by atoms with Gasteiger partial charge >= 0.3 is 5.97 Å². The number of amides is 1. The third-order valence-corrected chi connectivity index (χ3v) is 4.69. The number of aromatic nitrogens is 2. The van der Waals surface area contributed by atoms with Crippen molar-refractivity contribution in [1.82, 2.24) is 14.7 Å². The summed E-state index contributed by atoms with van der Waals surface area (Å²) >= 11 is 0. The summed E-state index contributed by atoms with van der Waals surface area (Å²) in [5, 5.41) is 4.63. The van der Waals surface area contributed by atoms with Crippen molar-refractivity contribution in [1.29, 1.82) is 0 Å². The van der Waals surface area contributed by atoms with Gasteiger partial charge in [0.2, 0.25) is 0 Å². The molecule has 1 amide bonds. The molecule has 0 bridgehead atoms. The smallest absolute Gasteiger partial charge is 0.342 e. The van der Waals surface area contributed by atoms with Crippen LogP contribution in [0.25, 0.3) is 16.9 Å². The van der Waals surface area contributed by atoms with E-state index in [4.69, 9.17) is 14.2 Å². The molecule has 1 heterocycles. The summed E-state index contributed by atoms with van der Waals surface area (Å²) in [6.07, 6.45) is 0.640. The van der Waals surface area contributed by atoms with Crippen LogP contribution in [0.5, 0.6) is 11.5 Å². The number of ether oxygens (including phenoxy) is 3. The van der Waals surface area contributed by atoms with Crippen LogP contribution in [-0.4, -0.2) is 61.0 Å². The number of para-hydroxylation sites is 1. The summed E-state index contributed by atoms with van der Waals surface area (Å²) in [6, 6.07) is 14.6. The molecule has 0 fully saturated rings. The molecule has 0 spiro atoms. The lowest BCUT2D eigenvalue weighted by atomic mass is 10.1. The molecular formula is C23H25N3O5. The number of likely N-dealkylation sites (N-methyl/N-ethyl adjacent to an activating group) is 1. The van der Waals surface area contributed by atoms with Crippen molar-refractivity contribution >= 4 is 11.9 Å². The van der Waals surface area contributed by atoms with E-state index in [0.29, 0.717) is 22.8 Å². The lowest BCUT2D eigenvalue weighted by molar-refractivity contribution is -0.137. The topological polar surface area (TPSA) is 82.9 Å². The van der Waals surface area contributed by atoms with Gasteiger partial charge in [-0.3, -0.25) is 4.79 Å². The number of nitrogens with zero attached hydrogens (tertiary/aromatic N) is 3. The number of hydrogen-bond donors (Lipinski definition) is 0. The van der Waals surface area contributed by atoms with Crippen LogP contribution in [0.15, 0.2) is 54.7 Å². The van der Waals surface area contributed by atoms with Gasteiger partial charge in [0.05, 0.1) is 19.9 Å². The molecule has 0 unspecified atom stereocenters. The lowest BCUT2D eigenvalue weighted by Gasteiger charge is -2.17. The summed E-state index contributed by atoms with van der Waals surface area (Å²) in [6.45, 7) is 1.54. The van der Waals surface area contributed by atoms with E-state index >= 15 is 0 Å². The fourth-order valence-electron chi connectivity index (χ4n) is 3.07. The number of methoxy groups -OCH3 is 2. The van der Waals surface area contributed by atoms with Gasteiger partial charge in [0, 0.05) is 25.9 Å². The second-order valence-corrected chi connectivity index (χ2v) is 7.02. The van der Waals surface area contributed by atoms with E-state index in [1.54, 1.807) is 50.3 Å². The van der Waals surface area contributed by atoms with E-state index in [0.717, 1.165) is 5.69 Å². The number of carbonyl (C=O) groups excluding carboxylic acids is 2. The molecule has 3 aromatic rings. The van der Waals surface area contributed by atoms with Gasteiger partial charge in [0.1, 0.15) is 22.8 Å². The Morgan fingerprint density at radius 1 is 1.03 bits per heavy atom. The Bertz CT molecular complexity index is 1080. The van der Waals surface area contributed by atoms with Crippen LogP contribution >= 0.6 is 0 Å². The number of esters is 1. The zero-order valence-corrected chi connectivity index (χ0v) is 18.2. The van der Waals surface area contributed by atoms with Crippen molar-refractivity contribution in [3.05, 3.63) is 60.3 Å². The van der Waals surface area contributed by atoms with E-state index in [9.17, 15) is 9.59 Å². The molecule has 3 rings (SSSR count). The molecule has 0 N–H and O–H groups in total. The van der Waals surface area contributed by atoms with Gasteiger partial charge in [0.25, 0.3) is 5.91 Å². The molecule has 1 aromatic heterocycles. The third-order valence-electron chi connectivity index (χ3n) is 4.69. The van der Waals surface area contributed by atoms with Gasteiger partial charge in [0.15, 0.2) is 6.10 Å². The van der Waals surface area contributed by atoms with Crippen molar-refractivity contribution in [2.75, 3.05) is 28.3 Å². The van der Waals surface area contributed by atoms with Crippen molar-refractivity contribution in [3.63, 3.8) is 0 Å². The van der Waals surface area contributed by atoms with Gasteiger partial charge in [-0.1, -0.05) is 18.2 Å². The summed E-state index contributed by atoms with van der Waals surface area (Å²) in [4.78, 5) is 26.6. The molecule has 0 radical (unpaired) electrons. The minimum absolute atomic E-state index is 0.203. The Kier molecular flexibility index (Phi) is 6.59. The van der Waals surface area contributed by atoms with Crippen molar-refractivity contribution < 1.29 is 23.8 Å². The van der Waals surface area contributed by atoms with Gasteiger partial charge in [-0.2, -0.15) is 5.10 Å². The third kappa shape index (κ3) is 4.69. The van der Waals surface area contributed by atoms with Crippen LogP contribution in [0.3, 0.4) is 0 Å². The van der Waals surface area contributed by atoms with E-state index in [2.05, 4.69) is 5.10 Å². The average Bonchev–Trinajstić information content (AvgIpc) is 3.24. The Morgan fingerprint density at radius 2 is 1.74 bits per heavy atom. The molecule has 0 aliphatic carbocycles. The van der Waals surface area contributed by atoms with Crippen LogP contribution in [0.4, 0.5) is 0 Å². The lowest BCUT2D eigenvalue weighted by Crippen LogP contribution is -2.34. The first-order chi connectivity index (χ1) is 14.8. The van der Waals surface area contributed by atoms with E-state index < -0.39 is 12.1 Å². The second kappa shape index (κ2) is 9.34. The summed E-state index contributed by atoms with van der Waals surface area (Å²) in [5.41, 5.74) is 1.89. The van der Waals surface area contributed by atoms with Crippen molar-refractivity contribution in [2.45, 2.75) is 13.0 Å². The van der Waals surface area contributed by atoms with Crippen molar-refractivity contribution in [3.8, 4) is 28.4 Å². The largest absolute Gasteiger partial charge is 0.497 e. The second-order valence-electron chi connectivity index (χ2n) is 7.02. The molecule has 162 valence electrons. The normalized spacial score (nSPS) is 11.5. The molecule has 31 heavy (non-hydrogen) atoms. The molecule has 0 saturated heterocycles. The minimum Gasteiger partial charge on any atom is -0.497 e. The quantitative estimate of drug-likeness (QED) is 0.543. The highest BCUT2D eigenvalue weighted by Gasteiger charge is 2.26. The number of carbonyl (C=O) groups is 2. The van der Waals surface area contributed by atoms with Crippen LogP contribution in [0.2, 0.25) is 0 Å². The molecule has 2 aromatic carbocycles. The summed E-state index contributed by atoms with van der Waals surface area (Å²) < 4.78 is 17.8. The van der Waals surface area contributed by atoms with E-state index in [1.165, 1.54) is 18.9 Å². The summed E-state index contributed by atoms with van der Waals surface area (Å²) in [7, 11) is 6.30. The molecule has 8 nitrogen and oxygen atoms in total. The minimum atomic E-state index is -0.942. The Balaban J connectivity index is 2.11. The van der Waals surface area contributed by atoms with Gasteiger partial charge in [-0.25, -0.2) is 9.48 Å². The zero-order valence-electron chi connectivity index (χ0n) is 18.2. The van der Waals surface area contributed by atoms with Crippen LogP contribution in [0, 0.1) is 0 Å². The molecule has 8 heteroatoms. The maximum absolute atomic E-state index is 13.1. The molecule has 1 atom stereocenters. The Morgan fingerprint density at radius 3 is 2.35 bits per heavy atom. The fourth-order valence-corrected chi connectivity index (χ4v) is 3.07. The number of rotatable bonds is 7. The highest BCUT2D eigenvalue weighted by Crippen LogP contribution is 2.35. The molecule has 0 aliphatic heterocycles. The first-order valence-electron chi connectivity index (χ1n) is 9.65. The maximum atomic E-state index is 13.1. The SMILES string of the molecule is COc1ccc(OC)c(-c2nn(-c3ccccc3)cc2C(=O)O[C@@H](C)C(=O)N(C)C)c1. The van der Waals surface area contributed by atoms with E-state index in [-0.39, 0.29) is 11.5 Å². The van der Waals surface area contributed by atoms with Gasteiger partial charge in [-0.15, -0.1) is 0 Å². The van der Waals surface area contributed by atoms with E-state index in [1.807, 2.05) is 30.3 Å². The van der Waals surface area contributed by atoms with Gasteiger partial charge in [-0.05, 0) is 37.3 Å². The standard InChI is InChI=1S/C23H25N3O5/c1-15(22(27)25(2)3)31-23(28)19-14-26(16-9-7-6-8-10-16)24-21(19)18-13-17(29-4)11-12-20(18)30-5/h6-15H,1-5H3/t15-/m0/s1. The average molecular weight is 423 g/mol. The van der Waals surface area contributed by atoms with Crippen LogP contribution in [-0.2, 0) is 9.53 Å². The maximum Gasteiger partial charge on any atom is 0.342 e. The zero-order chi connectivity index (χ0) is 22.5. The Hall–Kier alpha value is -3.81. The molecule has 0 saturated carbocycles. The monoisotopic (exact) mass is 423 g/mol.